The van der Waals surface area contributed by atoms with Crippen LogP contribution >= 0.6 is 0 Å². The zero-order chi connectivity index (χ0) is 12.0. The van der Waals surface area contributed by atoms with E-state index in [0.29, 0.717) is 12.1 Å². The van der Waals surface area contributed by atoms with Gasteiger partial charge in [0.25, 0.3) is 5.91 Å². The van der Waals surface area contributed by atoms with E-state index in [1.807, 2.05) is 0 Å². The zero-order valence-corrected chi connectivity index (χ0v) is 9.34. The molecule has 0 atom stereocenters. The second kappa shape index (κ2) is 5.85. The Morgan fingerprint density at radius 3 is 2.81 bits per heavy atom. The van der Waals surface area contributed by atoms with E-state index in [4.69, 9.17) is 0 Å². The SMILES string of the molecule is COC(=O)CCN(C)C(=O)c1cccnc1. The zero-order valence-electron chi connectivity index (χ0n) is 9.34. The molecule has 0 saturated carbocycles. The molecule has 0 bridgehead atoms. The summed E-state index contributed by atoms with van der Waals surface area (Å²) in [5.74, 6) is -0.483. The second-order valence-electron chi connectivity index (χ2n) is 3.29. The van der Waals surface area contributed by atoms with Crippen molar-refractivity contribution in [3.63, 3.8) is 0 Å². The highest BCUT2D eigenvalue weighted by Crippen LogP contribution is 2.01. The van der Waals surface area contributed by atoms with Crippen LogP contribution in [0.1, 0.15) is 16.8 Å². The summed E-state index contributed by atoms with van der Waals surface area (Å²) in [7, 11) is 2.96. The molecule has 0 saturated heterocycles. The van der Waals surface area contributed by atoms with E-state index < -0.39 is 0 Å². The number of rotatable bonds is 4. The molecule has 86 valence electrons. The van der Waals surface area contributed by atoms with Gasteiger partial charge in [-0.2, -0.15) is 0 Å². The van der Waals surface area contributed by atoms with E-state index in [0.717, 1.165) is 0 Å². The van der Waals surface area contributed by atoms with E-state index >= 15 is 0 Å². The Hall–Kier alpha value is -1.91. The highest BCUT2D eigenvalue weighted by atomic mass is 16.5. The van der Waals surface area contributed by atoms with E-state index in [2.05, 4.69) is 9.72 Å². The minimum absolute atomic E-state index is 0.156. The van der Waals surface area contributed by atoms with E-state index in [-0.39, 0.29) is 18.3 Å². The predicted molar refractivity (Wildman–Crippen MR) is 57.8 cm³/mol. The molecule has 0 aliphatic heterocycles. The number of pyridine rings is 1. The van der Waals surface area contributed by atoms with Gasteiger partial charge in [-0.15, -0.1) is 0 Å². The maximum absolute atomic E-state index is 11.8. The Morgan fingerprint density at radius 1 is 1.50 bits per heavy atom. The van der Waals surface area contributed by atoms with Gasteiger partial charge in [0, 0.05) is 26.0 Å². The van der Waals surface area contributed by atoms with Gasteiger partial charge in [0.2, 0.25) is 0 Å². The van der Waals surface area contributed by atoms with Crippen molar-refractivity contribution in [2.45, 2.75) is 6.42 Å². The standard InChI is InChI=1S/C11H14N2O3/c1-13(7-5-10(14)16-2)11(15)9-4-3-6-12-8-9/h3-4,6,8H,5,7H2,1-2H3. The smallest absolute Gasteiger partial charge is 0.307 e. The highest BCUT2D eigenvalue weighted by Gasteiger charge is 2.12. The molecule has 0 spiro atoms. The second-order valence-corrected chi connectivity index (χ2v) is 3.29. The third-order valence-corrected chi connectivity index (χ3v) is 2.13. The Kier molecular flexibility index (Phi) is 4.44. The number of hydrogen-bond acceptors (Lipinski definition) is 4. The summed E-state index contributed by atoms with van der Waals surface area (Å²) in [4.78, 5) is 28.0. The maximum atomic E-state index is 11.8. The number of carbonyl (C=O) groups excluding carboxylic acids is 2. The topological polar surface area (TPSA) is 59.5 Å². The summed E-state index contributed by atoms with van der Waals surface area (Å²) < 4.78 is 4.50. The molecule has 0 aliphatic rings. The van der Waals surface area contributed by atoms with Crippen molar-refractivity contribution in [1.29, 1.82) is 0 Å². The van der Waals surface area contributed by atoms with Crippen molar-refractivity contribution >= 4 is 11.9 Å². The lowest BCUT2D eigenvalue weighted by atomic mass is 10.2. The van der Waals surface area contributed by atoms with Crippen LogP contribution in [0.15, 0.2) is 24.5 Å². The van der Waals surface area contributed by atoms with Crippen LogP contribution in [0.3, 0.4) is 0 Å². The fourth-order valence-electron chi connectivity index (χ4n) is 1.17. The van der Waals surface area contributed by atoms with Crippen LogP contribution in [0.25, 0.3) is 0 Å². The molecule has 16 heavy (non-hydrogen) atoms. The van der Waals surface area contributed by atoms with Crippen LogP contribution in [-0.2, 0) is 9.53 Å². The van der Waals surface area contributed by atoms with Gasteiger partial charge in [-0.1, -0.05) is 0 Å². The summed E-state index contributed by atoms with van der Waals surface area (Å²) in [6.45, 7) is 0.334. The average Bonchev–Trinajstić information content (AvgIpc) is 2.35. The summed E-state index contributed by atoms with van der Waals surface area (Å²) in [6.07, 6.45) is 3.29. The lowest BCUT2D eigenvalue weighted by molar-refractivity contribution is -0.140. The van der Waals surface area contributed by atoms with Crippen LogP contribution in [0.4, 0.5) is 0 Å². The molecule has 0 N–H and O–H groups in total. The fourth-order valence-corrected chi connectivity index (χ4v) is 1.17. The largest absolute Gasteiger partial charge is 0.469 e. The minimum Gasteiger partial charge on any atom is -0.469 e. The first-order chi connectivity index (χ1) is 7.65. The Bertz CT molecular complexity index is 365. The summed E-state index contributed by atoms with van der Waals surface area (Å²) >= 11 is 0. The van der Waals surface area contributed by atoms with Gasteiger partial charge < -0.3 is 9.64 Å². The first kappa shape index (κ1) is 12.2. The van der Waals surface area contributed by atoms with Crippen LogP contribution in [0, 0.1) is 0 Å². The molecule has 0 aliphatic carbocycles. The molecular formula is C11H14N2O3. The maximum Gasteiger partial charge on any atom is 0.307 e. The molecule has 1 amide bonds. The third kappa shape index (κ3) is 3.34. The third-order valence-electron chi connectivity index (χ3n) is 2.13. The van der Waals surface area contributed by atoms with E-state index in [1.165, 1.54) is 18.2 Å². The van der Waals surface area contributed by atoms with Crippen LogP contribution < -0.4 is 0 Å². The molecule has 0 unspecified atom stereocenters. The van der Waals surface area contributed by atoms with Gasteiger partial charge in [0.1, 0.15) is 0 Å². The summed E-state index contributed by atoms with van der Waals surface area (Å²) in [6, 6.07) is 3.38. The normalized spacial score (nSPS) is 9.62. The van der Waals surface area contributed by atoms with Crippen molar-refractivity contribution < 1.29 is 14.3 Å². The van der Waals surface area contributed by atoms with E-state index in [1.54, 1.807) is 25.4 Å². The molecule has 0 radical (unpaired) electrons. The fraction of sp³-hybridized carbons (Fsp3) is 0.364. The number of carbonyl (C=O) groups is 2. The summed E-state index contributed by atoms with van der Waals surface area (Å²) in [5, 5.41) is 0. The molecule has 1 heterocycles. The lowest BCUT2D eigenvalue weighted by Gasteiger charge is -2.15. The Labute approximate surface area is 94.0 Å². The van der Waals surface area contributed by atoms with Gasteiger partial charge >= 0.3 is 5.97 Å². The monoisotopic (exact) mass is 222 g/mol. The molecule has 5 heteroatoms. The number of hydrogen-bond donors (Lipinski definition) is 0. The molecular weight excluding hydrogens is 208 g/mol. The molecule has 5 nitrogen and oxygen atoms in total. The highest BCUT2D eigenvalue weighted by molar-refractivity contribution is 5.93. The Morgan fingerprint density at radius 2 is 2.25 bits per heavy atom. The number of aromatic nitrogens is 1. The van der Waals surface area contributed by atoms with Crippen LogP contribution in [-0.4, -0.2) is 42.5 Å². The molecule has 0 aromatic carbocycles. The van der Waals surface area contributed by atoms with E-state index in [9.17, 15) is 9.59 Å². The van der Waals surface area contributed by atoms with Crippen molar-refractivity contribution in [3.8, 4) is 0 Å². The minimum atomic E-state index is -0.328. The van der Waals surface area contributed by atoms with Crippen molar-refractivity contribution in [2.24, 2.45) is 0 Å². The van der Waals surface area contributed by atoms with Gasteiger partial charge in [-0.05, 0) is 12.1 Å². The molecule has 1 rings (SSSR count). The lowest BCUT2D eigenvalue weighted by Crippen LogP contribution is -2.29. The van der Waals surface area contributed by atoms with Crippen LogP contribution in [0.2, 0.25) is 0 Å². The van der Waals surface area contributed by atoms with Gasteiger partial charge in [-0.25, -0.2) is 0 Å². The number of amides is 1. The molecule has 0 fully saturated rings. The number of nitrogens with zero attached hydrogens (tertiary/aromatic N) is 2. The summed E-state index contributed by atoms with van der Waals surface area (Å²) in [5.41, 5.74) is 0.509. The predicted octanol–water partition coefficient (Wildman–Crippen LogP) is 0.717. The van der Waals surface area contributed by atoms with Crippen molar-refractivity contribution in [3.05, 3.63) is 30.1 Å². The quantitative estimate of drug-likeness (QED) is 0.704. The van der Waals surface area contributed by atoms with Gasteiger partial charge in [0.15, 0.2) is 0 Å². The number of esters is 1. The first-order valence-corrected chi connectivity index (χ1v) is 4.87. The van der Waals surface area contributed by atoms with Crippen LogP contribution in [0.5, 0.6) is 0 Å². The molecule has 1 aromatic rings. The van der Waals surface area contributed by atoms with Gasteiger partial charge in [-0.3, -0.25) is 14.6 Å². The Balaban J connectivity index is 2.52. The average molecular weight is 222 g/mol. The number of methoxy groups -OCH3 is 1. The number of ether oxygens (including phenoxy) is 1. The van der Waals surface area contributed by atoms with Crippen molar-refractivity contribution in [1.82, 2.24) is 9.88 Å². The van der Waals surface area contributed by atoms with Gasteiger partial charge in [0.05, 0.1) is 19.1 Å². The molecule has 1 aromatic heterocycles. The van der Waals surface area contributed by atoms with Crippen molar-refractivity contribution in [2.75, 3.05) is 20.7 Å². The first-order valence-electron chi connectivity index (χ1n) is 4.87.